The van der Waals surface area contributed by atoms with E-state index in [4.69, 9.17) is 5.73 Å². The molecule has 0 aromatic heterocycles. The Kier molecular flexibility index (Phi) is 4.10. The normalized spacial score (nSPS) is 21.2. The number of amides is 1. The Hall–Kier alpha value is -1.55. The van der Waals surface area contributed by atoms with Crippen LogP contribution in [0.25, 0.3) is 0 Å². The van der Waals surface area contributed by atoms with Gasteiger partial charge in [-0.1, -0.05) is 6.07 Å². The third-order valence-electron chi connectivity index (χ3n) is 3.87. The minimum Gasteiger partial charge on any atom is -0.507 e. The lowest BCUT2D eigenvalue weighted by atomic mass is 9.92. The van der Waals surface area contributed by atoms with Crippen molar-refractivity contribution in [2.45, 2.75) is 32.7 Å². The SMILES string of the molecule is Cc1ccc(C(=O)N2CCCC(C(C)N)C2)c(O)c1. The summed E-state index contributed by atoms with van der Waals surface area (Å²) in [4.78, 5) is 14.2. The van der Waals surface area contributed by atoms with Crippen molar-refractivity contribution in [3.8, 4) is 5.75 Å². The average molecular weight is 262 g/mol. The molecule has 19 heavy (non-hydrogen) atoms. The molecular weight excluding hydrogens is 240 g/mol. The predicted octanol–water partition coefficient (Wildman–Crippen LogP) is 1.90. The molecule has 1 fully saturated rings. The van der Waals surface area contributed by atoms with E-state index in [-0.39, 0.29) is 17.7 Å². The monoisotopic (exact) mass is 262 g/mol. The summed E-state index contributed by atoms with van der Waals surface area (Å²) in [5.74, 6) is 0.320. The maximum Gasteiger partial charge on any atom is 0.257 e. The molecule has 4 nitrogen and oxygen atoms in total. The number of likely N-dealkylation sites (tertiary alicyclic amines) is 1. The fourth-order valence-corrected chi connectivity index (χ4v) is 2.62. The maximum absolute atomic E-state index is 12.4. The molecule has 0 spiro atoms. The second-order valence-electron chi connectivity index (χ2n) is 5.53. The Labute approximate surface area is 114 Å². The minimum absolute atomic E-state index is 0.0629. The topological polar surface area (TPSA) is 66.6 Å². The van der Waals surface area contributed by atoms with Gasteiger partial charge in [0, 0.05) is 19.1 Å². The Balaban J connectivity index is 2.15. The van der Waals surface area contributed by atoms with Gasteiger partial charge in [-0.2, -0.15) is 0 Å². The molecule has 0 radical (unpaired) electrons. The zero-order valence-corrected chi connectivity index (χ0v) is 11.6. The number of phenolic OH excluding ortho intramolecular Hbond substituents is 1. The number of hydrogen-bond acceptors (Lipinski definition) is 3. The lowest BCUT2D eigenvalue weighted by molar-refractivity contribution is 0.0658. The Morgan fingerprint density at radius 3 is 2.89 bits per heavy atom. The molecule has 0 saturated carbocycles. The van der Waals surface area contributed by atoms with Crippen LogP contribution in [0.4, 0.5) is 0 Å². The second kappa shape index (κ2) is 5.61. The smallest absolute Gasteiger partial charge is 0.257 e. The van der Waals surface area contributed by atoms with Gasteiger partial charge in [0.2, 0.25) is 0 Å². The number of nitrogens with zero attached hydrogens (tertiary/aromatic N) is 1. The zero-order valence-electron chi connectivity index (χ0n) is 11.6. The summed E-state index contributed by atoms with van der Waals surface area (Å²) in [6, 6.07) is 5.27. The van der Waals surface area contributed by atoms with E-state index in [1.807, 2.05) is 24.8 Å². The van der Waals surface area contributed by atoms with Crippen LogP contribution < -0.4 is 5.73 Å². The highest BCUT2D eigenvalue weighted by Gasteiger charge is 2.27. The van der Waals surface area contributed by atoms with E-state index in [0.717, 1.165) is 24.9 Å². The summed E-state index contributed by atoms with van der Waals surface area (Å²) in [5, 5.41) is 9.90. The molecular formula is C15H22N2O2. The van der Waals surface area contributed by atoms with Crippen LogP contribution in [-0.4, -0.2) is 35.0 Å². The molecule has 2 rings (SSSR count). The van der Waals surface area contributed by atoms with Crippen LogP contribution in [0.5, 0.6) is 5.75 Å². The maximum atomic E-state index is 12.4. The lowest BCUT2D eigenvalue weighted by Gasteiger charge is -2.34. The van der Waals surface area contributed by atoms with Crippen molar-refractivity contribution in [1.82, 2.24) is 4.90 Å². The molecule has 1 heterocycles. The number of phenols is 1. The van der Waals surface area contributed by atoms with Crippen LogP contribution in [0.1, 0.15) is 35.7 Å². The van der Waals surface area contributed by atoms with Gasteiger partial charge in [-0.05, 0) is 50.3 Å². The van der Waals surface area contributed by atoms with Crippen LogP contribution in [0, 0.1) is 12.8 Å². The molecule has 3 N–H and O–H groups in total. The highest BCUT2D eigenvalue weighted by atomic mass is 16.3. The molecule has 1 saturated heterocycles. The number of carbonyl (C=O) groups excluding carboxylic acids is 1. The lowest BCUT2D eigenvalue weighted by Crippen LogP contribution is -2.45. The van der Waals surface area contributed by atoms with Crippen LogP contribution in [0.2, 0.25) is 0 Å². The summed E-state index contributed by atoms with van der Waals surface area (Å²) in [7, 11) is 0. The molecule has 1 aliphatic heterocycles. The summed E-state index contributed by atoms with van der Waals surface area (Å²) in [5.41, 5.74) is 7.26. The van der Waals surface area contributed by atoms with Crippen molar-refractivity contribution < 1.29 is 9.90 Å². The molecule has 0 aliphatic carbocycles. The largest absolute Gasteiger partial charge is 0.507 e. The summed E-state index contributed by atoms with van der Waals surface area (Å²) in [6.07, 6.45) is 2.05. The van der Waals surface area contributed by atoms with Crippen LogP contribution in [-0.2, 0) is 0 Å². The van der Waals surface area contributed by atoms with Gasteiger partial charge >= 0.3 is 0 Å². The fraction of sp³-hybridized carbons (Fsp3) is 0.533. The van der Waals surface area contributed by atoms with E-state index in [0.29, 0.717) is 18.0 Å². The van der Waals surface area contributed by atoms with Crippen molar-refractivity contribution >= 4 is 5.91 Å². The third-order valence-corrected chi connectivity index (χ3v) is 3.87. The summed E-state index contributed by atoms with van der Waals surface area (Å²) < 4.78 is 0. The number of carbonyl (C=O) groups is 1. The van der Waals surface area contributed by atoms with E-state index in [1.165, 1.54) is 0 Å². The molecule has 1 aromatic rings. The summed E-state index contributed by atoms with van der Waals surface area (Å²) in [6.45, 7) is 5.31. The van der Waals surface area contributed by atoms with E-state index < -0.39 is 0 Å². The molecule has 1 aromatic carbocycles. The zero-order chi connectivity index (χ0) is 14.0. The Morgan fingerprint density at radius 2 is 2.26 bits per heavy atom. The van der Waals surface area contributed by atoms with E-state index >= 15 is 0 Å². The number of piperidine rings is 1. The number of aryl methyl sites for hydroxylation is 1. The van der Waals surface area contributed by atoms with E-state index in [2.05, 4.69) is 0 Å². The minimum atomic E-state index is -0.0946. The molecule has 1 amide bonds. The van der Waals surface area contributed by atoms with Gasteiger partial charge in [0.05, 0.1) is 5.56 Å². The molecule has 4 heteroatoms. The average Bonchev–Trinajstić information content (AvgIpc) is 2.38. The van der Waals surface area contributed by atoms with Gasteiger partial charge in [-0.15, -0.1) is 0 Å². The van der Waals surface area contributed by atoms with Crippen molar-refractivity contribution in [2.75, 3.05) is 13.1 Å². The molecule has 0 bridgehead atoms. The first-order valence-corrected chi connectivity index (χ1v) is 6.83. The highest BCUT2D eigenvalue weighted by Crippen LogP contribution is 2.24. The molecule has 1 aliphatic rings. The number of aromatic hydroxyl groups is 1. The van der Waals surface area contributed by atoms with Crippen LogP contribution in [0.3, 0.4) is 0 Å². The standard InChI is InChI=1S/C15H22N2O2/c1-10-5-6-13(14(18)8-10)15(19)17-7-3-4-12(9-17)11(2)16/h5-6,8,11-12,18H,3-4,7,9,16H2,1-2H3. The van der Waals surface area contributed by atoms with Gasteiger partial charge in [0.15, 0.2) is 0 Å². The van der Waals surface area contributed by atoms with Gasteiger partial charge < -0.3 is 15.7 Å². The van der Waals surface area contributed by atoms with Crippen LogP contribution >= 0.6 is 0 Å². The predicted molar refractivity (Wildman–Crippen MR) is 75.1 cm³/mol. The fourth-order valence-electron chi connectivity index (χ4n) is 2.62. The van der Waals surface area contributed by atoms with Crippen molar-refractivity contribution in [2.24, 2.45) is 11.7 Å². The first-order chi connectivity index (χ1) is 8.99. The Morgan fingerprint density at radius 1 is 1.53 bits per heavy atom. The molecule has 2 unspecified atom stereocenters. The third kappa shape index (κ3) is 3.07. The van der Waals surface area contributed by atoms with Gasteiger partial charge in [-0.3, -0.25) is 4.79 Å². The van der Waals surface area contributed by atoms with E-state index in [9.17, 15) is 9.90 Å². The Bertz CT molecular complexity index is 471. The van der Waals surface area contributed by atoms with Gasteiger partial charge in [-0.25, -0.2) is 0 Å². The highest BCUT2D eigenvalue weighted by molar-refractivity contribution is 5.97. The van der Waals surface area contributed by atoms with Crippen molar-refractivity contribution in [1.29, 1.82) is 0 Å². The molecule has 104 valence electrons. The second-order valence-corrected chi connectivity index (χ2v) is 5.53. The van der Waals surface area contributed by atoms with Gasteiger partial charge in [0.25, 0.3) is 5.91 Å². The number of hydrogen-bond donors (Lipinski definition) is 2. The number of nitrogens with two attached hydrogens (primary N) is 1. The van der Waals surface area contributed by atoms with Crippen molar-refractivity contribution in [3.63, 3.8) is 0 Å². The number of benzene rings is 1. The first-order valence-electron chi connectivity index (χ1n) is 6.83. The quantitative estimate of drug-likeness (QED) is 0.855. The first kappa shape index (κ1) is 13.9. The molecule has 2 atom stereocenters. The van der Waals surface area contributed by atoms with E-state index in [1.54, 1.807) is 12.1 Å². The summed E-state index contributed by atoms with van der Waals surface area (Å²) >= 11 is 0. The number of rotatable bonds is 2. The van der Waals surface area contributed by atoms with Crippen molar-refractivity contribution in [3.05, 3.63) is 29.3 Å². The van der Waals surface area contributed by atoms with Gasteiger partial charge in [0.1, 0.15) is 5.75 Å². The van der Waals surface area contributed by atoms with Crippen LogP contribution in [0.15, 0.2) is 18.2 Å².